The first-order valence-corrected chi connectivity index (χ1v) is 9.11. The lowest BCUT2D eigenvalue weighted by atomic mass is 9.73. The second-order valence-corrected chi connectivity index (χ2v) is 7.10. The maximum atomic E-state index is 13.8. The van der Waals surface area contributed by atoms with Crippen LogP contribution >= 0.6 is 0 Å². The summed E-state index contributed by atoms with van der Waals surface area (Å²) in [6.07, 6.45) is 2.17. The van der Waals surface area contributed by atoms with Crippen molar-refractivity contribution in [2.45, 2.75) is 31.5 Å². The number of nitrogens with zero attached hydrogens (tertiary/aromatic N) is 1. The largest absolute Gasteiger partial charge is 0.496 e. The van der Waals surface area contributed by atoms with Crippen molar-refractivity contribution in [3.8, 4) is 5.75 Å². The molecule has 0 fully saturated rings. The third-order valence-electron chi connectivity index (χ3n) is 5.08. The molecular formula is C22H22FNO5. The molecule has 2 atom stereocenters. The normalized spacial score (nSPS) is 21.5. The maximum absolute atomic E-state index is 13.8. The number of carbonyl (C=O) groups excluding carboxylic acids is 1. The summed E-state index contributed by atoms with van der Waals surface area (Å²) in [6.45, 7) is 3.55. The number of amides is 1. The Bertz CT molecular complexity index is 987. The lowest BCUT2D eigenvalue weighted by Gasteiger charge is -2.48. The number of halogens is 1. The molecule has 29 heavy (non-hydrogen) atoms. The van der Waals surface area contributed by atoms with Gasteiger partial charge in [-0.15, -0.1) is 0 Å². The van der Waals surface area contributed by atoms with Crippen molar-refractivity contribution in [2.24, 2.45) is 0 Å². The number of ether oxygens (including phenoxy) is 1. The third-order valence-corrected chi connectivity index (χ3v) is 5.08. The molecule has 0 radical (unpaired) electrons. The molecular weight excluding hydrogens is 377 g/mol. The van der Waals surface area contributed by atoms with E-state index in [1.165, 1.54) is 30.2 Å². The van der Waals surface area contributed by atoms with E-state index in [9.17, 15) is 19.1 Å². The number of carboxylic acids is 1. The summed E-state index contributed by atoms with van der Waals surface area (Å²) < 4.78 is 19.1. The molecule has 0 saturated heterocycles. The number of carboxylic acid groups (broad SMARTS) is 1. The quantitative estimate of drug-likeness (QED) is 0.755. The molecule has 3 rings (SSSR count). The van der Waals surface area contributed by atoms with Crippen molar-refractivity contribution in [3.63, 3.8) is 0 Å². The minimum absolute atomic E-state index is 0.0917. The van der Waals surface area contributed by atoms with Crippen LogP contribution in [0.25, 0.3) is 0 Å². The molecule has 1 aliphatic rings. The Kier molecular flexibility index (Phi) is 5.44. The SMILES string of the molecule is COc1cc(F)ccc1C1(O)c2ccccc2C(=O)N(C(C)C)C1/C=C/C(=O)O. The fraction of sp³-hybridized carbons (Fsp3) is 0.273. The van der Waals surface area contributed by atoms with Gasteiger partial charge in [-0.05, 0) is 32.0 Å². The van der Waals surface area contributed by atoms with E-state index in [-0.39, 0.29) is 28.8 Å². The van der Waals surface area contributed by atoms with E-state index in [1.54, 1.807) is 38.1 Å². The molecule has 1 aliphatic heterocycles. The van der Waals surface area contributed by atoms with Gasteiger partial charge in [-0.25, -0.2) is 9.18 Å². The van der Waals surface area contributed by atoms with Crippen LogP contribution in [-0.2, 0) is 10.4 Å². The first-order chi connectivity index (χ1) is 13.7. The van der Waals surface area contributed by atoms with E-state index in [2.05, 4.69) is 0 Å². The smallest absolute Gasteiger partial charge is 0.328 e. The summed E-state index contributed by atoms with van der Waals surface area (Å²) >= 11 is 0. The Labute approximate surface area is 167 Å². The fourth-order valence-electron chi connectivity index (χ4n) is 3.87. The Balaban J connectivity index is 2.39. The van der Waals surface area contributed by atoms with E-state index in [0.717, 1.165) is 12.1 Å². The van der Waals surface area contributed by atoms with Crippen LogP contribution < -0.4 is 4.74 Å². The van der Waals surface area contributed by atoms with Crippen LogP contribution in [0.2, 0.25) is 0 Å². The standard InChI is InChI=1S/C22H22FNO5/c1-13(2)24-19(10-11-20(25)26)22(28,16-7-5-4-6-15(16)21(24)27)17-9-8-14(23)12-18(17)29-3/h4-13,19,28H,1-3H3,(H,25,26)/b11-10+. The molecule has 0 spiro atoms. The summed E-state index contributed by atoms with van der Waals surface area (Å²) in [5, 5.41) is 21.2. The highest BCUT2D eigenvalue weighted by molar-refractivity contribution is 5.98. The summed E-state index contributed by atoms with van der Waals surface area (Å²) in [5.74, 6) is -2.00. The van der Waals surface area contributed by atoms with E-state index < -0.39 is 23.4 Å². The number of benzene rings is 2. The lowest BCUT2D eigenvalue weighted by molar-refractivity contribution is -0.131. The number of fused-ring (bicyclic) bond motifs is 1. The zero-order chi connectivity index (χ0) is 21.3. The van der Waals surface area contributed by atoms with Crippen molar-refractivity contribution in [1.29, 1.82) is 0 Å². The molecule has 0 bridgehead atoms. The molecule has 2 aromatic rings. The Morgan fingerprint density at radius 2 is 1.93 bits per heavy atom. The molecule has 6 nitrogen and oxygen atoms in total. The van der Waals surface area contributed by atoms with Crippen molar-refractivity contribution < 1.29 is 28.9 Å². The Morgan fingerprint density at radius 1 is 1.24 bits per heavy atom. The monoisotopic (exact) mass is 399 g/mol. The van der Waals surface area contributed by atoms with Crippen molar-refractivity contribution in [3.05, 3.63) is 77.1 Å². The number of aliphatic hydroxyl groups is 1. The number of carbonyl (C=O) groups is 2. The van der Waals surface area contributed by atoms with E-state index in [1.807, 2.05) is 0 Å². The van der Waals surface area contributed by atoms with Crippen LogP contribution in [0, 0.1) is 5.82 Å². The van der Waals surface area contributed by atoms with Gasteiger partial charge < -0.3 is 19.8 Å². The van der Waals surface area contributed by atoms with Gasteiger partial charge >= 0.3 is 5.97 Å². The third kappa shape index (κ3) is 3.38. The highest BCUT2D eigenvalue weighted by Crippen LogP contribution is 2.46. The highest BCUT2D eigenvalue weighted by Gasteiger charge is 2.51. The van der Waals surface area contributed by atoms with Gasteiger partial charge in [0.1, 0.15) is 17.2 Å². The van der Waals surface area contributed by atoms with Crippen LogP contribution in [-0.4, -0.2) is 46.2 Å². The minimum Gasteiger partial charge on any atom is -0.496 e. The van der Waals surface area contributed by atoms with Crippen molar-refractivity contribution in [2.75, 3.05) is 7.11 Å². The minimum atomic E-state index is -1.86. The molecule has 1 heterocycles. The predicted molar refractivity (Wildman–Crippen MR) is 104 cm³/mol. The first kappa shape index (κ1) is 20.5. The predicted octanol–water partition coefficient (Wildman–Crippen LogP) is 2.94. The Morgan fingerprint density at radius 3 is 2.55 bits per heavy atom. The molecule has 1 amide bonds. The molecule has 0 aliphatic carbocycles. The molecule has 2 aromatic carbocycles. The first-order valence-electron chi connectivity index (χ1n) is 9.11. The van der Waals surface area contributed by atoms with E-state index >= 15 is 0 Å². The number of aliphatic carboxylic acids is 1. The zero-order valence-electron chi connectivity index (χ0n) is 16.3. The lowest BCUT2D eigenvalue weighted by Crippen LogP contribution is -2.59. The molecule has 152 valence electrons. The van der Waals surface area contributed by atoms with Gasteiger partial charge in [0.25, 0.3) is 5.91 Å². The second kappa shape index (κ2) is 7.67. The molecule has 2 unspecified atom stereocenters. The van der Waals surface area contributed by atoms with Gasteiger partial charge in [0, 0.05) is 34.9 Å². The van der Waals surface area contributed by atoms with E-state index in [0.29, 0.717) is 5.56 Å². The summed E-state index contributed by atoms with van der Waals surface area (Å²) in [7, 11) is 1.35. The molecule has 0 saturated carbocycles. The van der Waals surface area contributed by atoms with Crippen LogP contribution in [0.15, 0.2) is 54.6 Å². The van der Waals surface area contributed by atoms with Gasteiger partial charge in [-0.1, -0.05) is 24.3 Å². The van der Waals surface area contributed by atoms with Crippen molar-refractivity contribution in [1.82, 2.24) is 4.90 Å². The van der Waals surface area contributed by atoms with Gasteiger partial charge in [0.05, 0.1) is 13.2 Å². The van der Waals surface area contributed by atoms with Gasteiger partial charge in [-0.3, -0.25) is 4.79 Å². The van der Waals surface area contributed by atoms with E-state index in [4.69, 9.17) is 9.84 Å². The fourth-order valence-corrected chi connectivity index (χ4v) is 3.87. The Hall–Kier alpha value is -3.19. The number of hydrogen-bond donors (Lipinski definition) is 2. The van der Waals surface area contributed by atoms with Gasteiger partial charge in [0.15, 0.2) is 0 Å². The van der Waals surface area contributed by atoms with Crippen LogP contribution in [0.5, 0.6) is 5.75 Å². The second-order valence-electron chi connectivity index (χ2n) is 7.10. The number of hydrogen-bond acceptors (Lipinski definition) is 4. The van der Waals surface area contributed by atoms with Gasteiger partial charge in [-0.2, -0.15) is 0 Å². The summed E-state index contributed by atoms with van der Waals surface area (Å²) in [5.41, 5.74) is -1.05. The van der Waals surface area contributed by atoms with Crippen LogP contribution in [0.3, 0.4) is 0 Å². The molecule has 2 N–H and O–H groups in total. The topological polar surface area (TPSA) is 87.1 Å². The molecule has 0 aromatic heterocycles. The number of methoxy groups -OCH3 is 1. The van der Waals surface area contributed by atoms with Crippen molar-refractivity contribution >= 4 is 11.9 Å². The maximum Gasteiger partial charge on any atom is 0.328 e. The van der Waals surface area contributed by atoms with Gasteiger partial charge in [0.2, 0.25) is 0 Å². The summed E-state index contributed by atoms with van der Waals surface area (Å²) in [4.78, 5) is 25.8. The van der Waals surface area contributed by atoms with Crippen LogP contribution in [0.1, 0.15) is 35.3 Å². The zero-order valence-corrected chi connectivity index (χ0v) is 16.3. The number of rotatable bonds is 5. The molecule has 7 heteroatoms. The average Bonchev–Trinajstić information content (AvgIpc) is 2.68. The average molecular weight is 399 g/mol. The van der Waals surface area contributed by atoms with Crippen LogP contribution in [0.4, 0.5) is 4.39 Å². The highest BCUT2D eigenvalue weighted by atomic mass is 19.1. The summed E-state index contributed by atoms with van der Waals surface area (Å²) in [6, 6.07) is 8.89.